The first-order chi connectivity index (χ1) is 8.38. The largest absolute Gasteiger partial charge is 0.491 e. The fourth-order valence-electron chi connectivity index (χ4n) is 1.70. The minimum atomic E-state index is 0.574. The van der Waals surface area contributed by atoms with Crippen molar-refractivity contribution in [2.45, 2.75) is 25.8 Å². The summed E-state index contributed by atoms with van der Waals surface area (Å²) < 4.78 is 11.1. The fraction of sp³-hybridized carbons (Fsp3) is 0.571. The van der Waals surface area contributed by atoms with Crippen LogP contribution in [0.25, 0.3) is 0 Å². The fourth-order valence-corrected chi connectivity index (χ4v) is 1.70. The summed E-state index contributed by atoms with van der Waals surface area (Å²) in [6.07, 6.45) is 4.01. The van der Waals surface area contributed by atoms with Crippen LogP contribution in [0.3, 0.4) is 0 Å². The second kappa shape index (κ2) is 6.62. The van der Waals surface area contributed by atoms with Gasteiger partial charge in [0.2, 0.25) is 0 Å². The lowest BCUT2D eigenvalue weighted by molar-refractivity contribution is 0.0958. The third-order valence-electron chi connectivity index (χ3n) is 3.02. The van der Waals surface area contributed by atoms with E-state index in [-0.39, 0.29) is 0 Å². The zero-order valence-corrected chi connectivity index (χ0v) is 10.2. The molecule has 0 saturated heterocycles. The first-order valence-electron chi connectivity index (χ1n) is 6.38. The molecule has 1 aromatic rings. The Balaban J connectivity index is 1.53. The maximum absolute atomic E-state index is 5.56. The molecule has 1 aliphatic rings. The standard InChI is InChI=1S/C14H21NO2/c15-11-13-3-5-14(6-4-13)17-10-9-16-8-7-12-1-2-12/h3-6,12H,1-2,7-11,15H2. The van der Waals surface area contributed by atoms with Gasteiger partial charge in [-0.3, -0.25) is 0 Å². The SMILES string of the molecule is NCc1ccc(OCCOCCC2CC2)cc1. The molecule has 17 heavy (non-hydrogen) atoms. The van der Waals surface area contributed by atoms with Crippen molar-refractivity contribution in [2.24, 2.45) is 11.7 Å². The second-order valence-corrected chi connectivity index (χ2v) is 4.54. The van der Waals surface area contributed by atoms with Crippen LogP contribution in [0.2, 0.25) is 0 Å². The van der Waals surface area contributed by atoms with Crippen molar-refractivity contribution in [1.29, 1.82) is 0 Å². The molecule has 0 unspecified atom stereocenters. The average Bonchev–Trinajstić information content (AvgIpc) is 3.18. The molecule has 0 aliphatic heterocycles. The topological polar surface area (TPSA) is 44.5 Å². The maximum atomic E-state index is 5.56. The molecule has 0 aromatic heterocycles. The van der Waals surface area contributed by atoms with Crippen molar-refractivity contribution >= 4 is 0 Å². The van der Waals surface area contributed by atoms with Gasteiger partial charge in [-0.05, 0) is 30.0 Å². The number of rotatable bonds is 8. The summed E-state index contributed by atoms with van der Waals surface area (Å²) in [5.41, 5.74) is 6.65. The molecular formula is C14H21NO2. The van der Waals surface area contributed by atoms with E-state index in [1.165, 1.54) is 19.3 Å². The zero-order chi connectivity index (χ0) is 11.9. The normalized spacial score (nSPS) is 14.9. The highest BCUT2D eigenvalue weighted by Gasteiger charge is 2.20. The van der Waals surface area contributed by atoms with E-state index in [0.717, 1.165) is 23.8 Å². The molecule has 0 amide bonds. The van der Waals surface area contributed by atoms with Gasteiger partial charge in [0.15, 0.2) is 0 Å². The minimum Gasteiger partial charge on any atom is -0.491 e. The summed E-state index contributed by atoms with van der Waals surface area (Å²) in [6.45, 7) is 2.74. The van der Waals surface area contributed by atoms with Gasteiger partial charge in [-0.1, -0.05) is 25.0 Å². The van der Waals surface area contributed by atoms with E-state index >= 15 is 0 Å². The highest BCUT2D eigenvalue weighted by atomic mass is 16.5. The molecule has 3 heteroatoms. The molecule has 0 radical (unpaired) electrons. The van der Waals surface area contributed by atoms with Gasteiger partial charge in [0.25, 0.3) is 0 Å². The van der Waals surface area contributed by atoms with Gasteiger partial charge in [-0.15, -0.1) is 0 Å². The van der Waals surface area contributed by atoms with Crippen LogP contribution in [0.5, 0.6) is 5.75 Å². The molecule has 1 saturated carbocycles. The quantitative estimate of drug-likeness (QED) is 0.703. The molecule has 1 aromatic carbocycles. The Labute approximate surface area is 103 Å². The van der Waals surface area contributed by atoms with Crippen LogP contribution in [-0.4, -0.2) is 19.8 Å². The minimum absolute atomic E-state index is 0.574. The van der Waals surface area contributed by atoms with E-state index in [9.17, 15) is 0 Å². The third-order valence-corrected chi connectivity index (χ3v) is 3.02. The van der Waals surface area contributed by atoms with E-state index in [0.29, 0.717) is 19.8 Å². The van der Waals surface area contributed by atoms with Gasteiger partial charge in [0.05, 0.1) is 6.61 Å². The predicted molar refractivity (Wildman–Crippen MR) is 68.0 cm³/mol. The summed E-state index contributed by atoms with van der Waals surface area (Å²) in [5.74, 6) is 1.83. The lowest BCUT2D eigenvalue weighted by Gasteiger charge is -2.07. The smallest absolute Gasteiger partial charge is 0.119 e. The summed E-state index contributed by atoms with van der Waals surface area (Å²) in [6, 6.07) is 7.88. The summed E-state index contributed by atoms with van der Waals surface area (Å²) in [5, 5.41) is 0. The van der Waals surface area contributed by atoms with Crippen molar-refractivity contribution in [2.75, 3.05) is 19.8 Å². The Kier molecular flexibility index (Phi) is 4.83. The molecule has 2 rings (SSSR count). The Bertz CT molecular complexity index is 319. The first-order valence-corrected chi connectivity index (χ1v) is 6.38. The molecular weight excluding hydrogens is 214 g/mol. The molecule has 0 atom stereocenters. The number of nitrogens with two attached hydrogens (primary N) is 1. The Morgan fingerprint density at radius 3 is 2.47 bits per heavy atom. The highest BCUT2D eigenvalue weighted by molar-refractivity contribution is 5.26. The van der Waals surface area contributed by atoms with Gasteiger partial charge < -0.3 is 15.2 Å². The van der Waals surface area contributed by atoms with E-state index in [1.807, 2.05) is 24.3 Å². The Morgan fingerprint density at radius 2 is 1.82 bits per heavy atom. The molecule has 0 heterocycles. The number of hydrogen-bond donors (Lipinski definition) is 1. The average molecular weight is 235 g/mol. The van der Waals surface area contributed by atoms with Gasteiger partial charge in [-0.25, -0.2) is 0 Å². The molecule has 3 nitrogen and oxygen atoms in total. The highest BCUT2D eigenvalue weighted by Crippen LogP contribution is 2.31. The predicted octanol–water partition coefficient (Wildman–Crippen LogP) is 2.34. The van der Waals surface area contributed by atoms with E-state index in [2.05, 4.69) is 0 Å². The lowest BCUT2D eigenvalue weighted by atomic mass is 10.2. The van der Waals surface area contributed by atoms with Crippen molar-refractivity contribution in [3.8, 4) is 5.75 Å². The van der Waals surface area contributed by atoms with E-state index in [1.54, 1.807) is 0 Å². The van der Waals surface area contributed by atoms with Crippen LogP contribution in [0.15, 0.2) is 24.3 Å². The Hall–Kier alpha value is -1.06. The van der Waals surface area contributed by atoms with E-state index in [4.69, 9.17) is 15.2 Å². The van der Waals surface area contributed by atoms with Gasteiger partial charge in [0, 0.05) is 13.2 Å². The van der Waals surface area contributed by atoms with Crippen LogP contribution in [-0.2, 0) is 11.3 Å². The first kappa shape index (κ1) is 12.4. The van der Waals surface area contributed by atoms with Crippen LogP contribution in [0, 0.1) is 5.92 Å². The summed E-state index contributed by atoms with van der Waals surface area (Å²) in [7, 11) is 0. The van der Waals surface area contributed by atoms with Crippen molar-refractivity contribution in [3.05, 3.63) is 29.8 Å². The van der Waals surface area contributed by atoms with Crippen LogP contribution >= 0.6 is 0 Å². The molecule has 1 aliphatic carbocycles. The van der Waals surface area contributed by atoms with Gasteiger partial charge in [0.1, 0.15) is 12.4 Å². The van der Waals surface area contributed by atoms with E-state index < -0.39 is 0 Å². The Morgan fingerprint density at radius 1 is 1.06 bits per heavy atom. The summed E-state index contributed by atoms with van der Waals surface area (Å²) >= 11 is 0. The number of hydrogen-bond acceptors (Lipinski definition) is 3. The molecule has 2 N–H and O–H groups in total. The molecule has 1 fully saturated rings. The number of benzene rings is 1. The van der Waals surface area contributed by atoms with Crippen LogP contribution in [0.1, 0.15) is 24.8 Å². The maximum Gasteiger partial charge on any atom is 0.119 e. The van der Waals surface area contributed by atoms with Crippen LogP contribution < -0.4 is 10.5 Å². The summed E-state index contributed by atoms with van der Waals surface area (Å²) in [4.78, 5) is 0. The van der Waals surface area contributed by atoms with Crippen molar-refractivity contribution in [3.63, 3.8) is 0 Å². The number of ether oxygens (including phenoxy) is 2. The molecule has 94 valence electrons. The lowest BCUT2D eigenvalue weighted by Crippen LogP contribution is -2.08. The monoisotopic (exact) mass is 235 g/mol. The van der Waals surface area contributed by atoms with Crippen LogP contribution in [0.4, 0.5) is 0 Å². The second-order valence-electron chi connectivity index (χ2n) is 4.54. The molecule has 0 bridgehead atoms. The van der Waals surface area contributed by atoms with Crippen molar-refractivity contribution in [1.82, 2.24) is 0 Å². The van der Waals surface area contributed by atoms with Gasteiger partial charge >= 0.3 is 0 Å². The third kappa shape index (κ3) is 4.75. The van der Waals surface area contributed by atoms with Gasteiger partial charge in [-0.2, -0.15) is 0 Å². The zero-order valence-electron chi connectivity index (χ0n) is 10.2. The molecule has 0 spiro atoms. The van der Waals surface area contributed by atoms with Crippen molar-refractivity contribution < 1.29 is 9.47 Å².